The fourth-order valence-electron chi connectivity index (χ4n) is 5.57. The molecule has 4 nitrogen and oxygen atoms in total. The zero-order valence-electron chi connectivity index (χ0n) is 22.7. The molecule has 0 fully saturated rings. The van der Waals surface area contributed by atoms with Gasteiger partial charge in [0.15, 0.2) is 0 Å². The minimum Gasteiger partial charge on any atom is -0.481 e. The lowest BCUT2D eigenvalue weighted by molar-refractivity contribution is -0.153. The van der Waals surface area contributed by atoms with Crippen molar-refractivity contribution in [3.05, 3.63) is 0 Å². The van der Waals surface area contributed by atoms with E-state index in [0.29, 0.717) is 17.8 Å². The number of unbranched alkanes of at least 4 members (excludes halogenated alkanes) is 6. The maximum Gasteiger partial charge on any atom is 0.309 e. The maximum atomic E-state index is 12.9. The van der Waals surface area contributed by atoms with Crippen LogP contribution in [-0.4, -0.2) is 22.2 Å². The molecular weight excluding hydrogens is 412 g/mol. The minimum atomic E-state index is -0.706. The van der Waals surface area contributed by atoms with Gasteiger partial charge in [0.25, 0.3) is 0 Å². The molecule has 0 aliphatic heterocycles. The molecule has 0 aromatic carbocycles. The number of carboxylic acids is 2. The summed E-state index contributed by atoms with van der Waals surface area (Å²) in [6.07, 6.45) is 18.0. The van der Waals surface area contributed by atoms with Gasteiger partial charge in [-0.3, -0.25) is 9.59 Å². The van der Waals surface area contributed by atoms with Gasteiger partial charge in [-0.1, -0.05) is 118 Å². The van der Waals surface area contributed by atoms with Crippen molar-refractivity contribution >= 4 is 11.9 Å². The van der Waals surface area contributed by atoms with Crippen molar-refractivity contribution in [2.45, 2.75) is 150 Å². The van der Waals surface area contributed by atoms with Gasteiger partial charge in [-0.2, -0.15) is 0 Å². The summed E-state index contributed by atoms with van der Waals surface area (Å²) in [6.45, 7) is 11.2. The molecule has 33 heavy (non-hydrogen) atoms. The van der Waals surface area contributed by atoms with Crippen LogP contribution < -0.4 is 0 Å². The third-order valence-electron chi connectivity index (χ3n) is 7.73. The Morgan fingerprint density at radius 2 is 1.15 bits per heavy atom. The van der Waals surface area contributed by atoms with Crippen molar-refractivity contribution < 1.29 is 19.8 Å². The Morgan fingerprint density at radius 3 is 1.58 bits per heavy atom. The lowest BCUT2D eigenvalue weighted by Crippen LogP contribution is -2.37. The second kappa shape index (κ2) is 19.3. The average Bonchev–Trinajstić information content (AvgIpc) is 2.78. The Hall–Kier alpha value is -1.06. The minimum absolute atomic E-state index is 0.269. The van der Waals surface area contributed by atoms with Gasteiger partial charge in [-0.05, 0) is 43.4 Å². The van der Waals surface area contributed by atoms with E-state index in [1.807, 2.05) is 0 Å². The molecule has 0 saturated heterocycles. The van der Waals surface area contributed by atoms with E-state index < -0.39 is 17.4 Å². The van der Waals surface area contributed by atoms with E-state index in [0.717, 1.165) is 83.5 Å². The van der Waals surface area contributed by atoms with E-state index in [1.54, 1.807) is 0 Å². The molecule has 0 aromatic rings. The first-order chi connectivity index (χ1) is 15.7. The van der Waals surface area contributed by atoms with E-state index in [2.05, 4.69) is 34.6 Å². The highest BCUT2D eigenvalue weighted by Gasteiger charge is 2.42. The van der Waals surface area contributed by atoms with E-state index in [4.69, 9.17) is 5.11 Å². The van der Waals surface area contributed by atoms with Gasteiger partial charge < -0.3 is 10.2 Å². The summed E-state index contributed by atoms with van der Waals surface area (Å²) in [5.74, 6) is 0.153. The lowest BCUT2D eigenvalue weighted by atomic mass is 9.66. The van der Waals surface area contributed by atoms with Crippen molar-refractivity contribution in [3.63, 3.8) is 0 Å². The zero-order chi connectivity index (χ0) is 25.1. The molecule has 2 N–H and O–H groups in total. The van der Waals surface area contributed by atoms with Gasteiger partial charge in [0.2, 0.25) is 0 Å². The Morgan fingerprint density at radius 1 is 0.667 bits per heavy atom. The van der Waals surface area contributed by atoms with Crippen LogP contribution in [-0.2, 0) is 9.59 Å². The second-order valence-corrected chi connectivity index (χ2v) is 10.8. The summed E-state index contributed by atoms with van der Waals surface area (Å²) < 4.78 is 0. The molecular formula is C29H56O4. The molecule has 0 spiro atoms. The van der Waals surface area contributed by atoms with Crippen LogP contribution in [0.5, 0.6) is 0 Å². The predicted molar refractivity (Wildman–Crippen MR) is 140 cm³/mol. The van der Waals surface area contributed by atoms with Crippen LogP contribution >= 0.6 is 0 Å². The van der Waals surface area contributed by atoms with E-state index >= 15 is 0 Å². The molecule has 0 radical (unpaired) electrons. The van der Waals surface area contributed by atoms with Crippen LogP contribution in [0.25, 0.3) is 0 Å². The largest absolute Gasteiger partial charge is 0.481 e. The molecule has 0 aromatic heterocycles. The second-order valence-electron chi connectivity index (χ2n) is 10.8. The standard InChI is InChI=1S/C29H56O4/c1-6-10-18-25(8-3)22-29(28(32)33,23-26(9-4)19-11-7-2)21-24(5)17-15-13-12-14-16-20-27(30)31/h24-26H,6-23H2,1-5H3,(H,30,31)(H,32,33). The van der Waals surface area contributed by atoms with E-state index in [1.165, 1.54) is 25.7 Å². The normalized spacial score (nSPS) is 16.2. The van der Waals surface area contributed by atoms with Crippen LogP contribution in [0, 0.1) is 23.2 Å². The Bertz CT molecular complexity index is 484. The van der Waals surface area contributed by atoms with Gasteiger partial charge in [0.1, 0.15) is 0 Å². The van der Waals surface area contributed by atoms with Crippen LogP contribution in [0.4, 0.5) is 0 Å². The number of hydrogen-bond acceptors (Lipinski definition) is 2. The van der Waals surface area contributed by atoms with Gasteiger partial charge >= 0.3 is 11.9 Å². The molecule has 0 amide bonds. The summed E-state index contributed by atoms with van der Waals surface area (Å²) in [6, 6.07) is 0. The van der Waals surface area contributed by atoms with Crippen molar-refractivity contribution in [1.29, 1.82) is 0 Å². The Labute approximate surface area is 205 Å². The average molecular weight is 469 g/mol. The van der Waals surface area contributed by atoms with Crippen LogP contribution in [0.1, 0.15) is 150 Å². The van der Waals surface area contributed by atoms with Crippen molar-refractivity contribution in [1.82, 2.24) is 0 Å². The molecule has 0 saturated carbocycles. The molecule has 0 bridgehead atoms. The van der Waals surface area contributed by atoms with Crippen LogP contribution in [0.3, 0.4) is 0 Å². The SMILES string of the molecule is CCCCC(CC)CC(CC(C)CCCCCCCC(=O)O)(CC(CC)CCCC)C(=O)O. The summed E-state index contributed by atoms with van der Waals surface area (Å²) in [4.78, 5) is 23.5. The van der Waals surface area contributed by atoms with Gasteiger partial charge in [0.05, 0.1) is 5.41 Å². The first-order valence-corrected chi connectivity index (χ1v) is 14.2. The van der Waals surface area contributed by atoms with Gasteiger partial charge in [-0.15, -0.1) is 0 Å². The third-order valence-corrected chi connectivity index (χ3v) is 7.73. The molecule has 3 unspecified atom stereocenters. The third kappa shape index (κ3) is 14.7. The highest BCUT2D eigenvalue weighted by molar-refractivity contribution is 5.74. The Balaban J connectivity index is 5.15. The molecule has 0 aliphatic carbocycles. The van der Waals surface area contributed by atoms with Crippen LogP contribution in [0.15, 0.2) is 0 Å². The summed E-state index contributed by atoms with van der Waals surface area (Å²) in [5.41, 5.74) is -0.594. The molecule has 0 aliphatic rings. The van der Waals surface area contributed by atoms with Crippen molar-refractivity contribution in [2.75, 3.05) is 0 Å². The first kappa shape index (κ1) is 31.9. The number of rotatable bonds is 23. The highest BCUT2D eigenvalue weighted by Crippen LogP contribution is 2.44. The fraction of sp³-hybridized carbons (Fsp3) is 0.931. The van der Waals surface area contributed by atoms with E-state index in [-0.39, 0.29) is 6.42 Å². The maximum absolute atomic E-state index is 12.9. The fourth-order valence-corrected chi connectivity index (χ4v) is 5.57. The highest BCUT2D eigenvalue weighted by atomic mass is 16.4. The monoisotopic (exact) mass is 468 g/mol. The summed E-state index contributed by atoms with van der Waals surface area (Å²) in [7, 11) is 0. The first-order valence-electron chi connectivity index (χ1n) is 14.2. The molecule has 196 valence electrons. The van der Waals surface area contributed by atoms with E-state index in [9.17, 15) is 14.7 Å². The number of carboxylic acid groups (broad SMARTS) is 2. The van der Waals surface area contributed by atoms with Gasteiger partial charge in [-0.25, -0.2) is 0 Å². The topological polar surface area (TPSA) is 74.6 Å². The number of hydrogen-bond donors (Lipinski definition) is 2. The number of aliphatic carboxylic acids is 2. The summed E-state index contributed by atoms with van der Waals surface area (Å²) >= 11 is 0. The zero-order valence-corrected chi connectivity index (χ0v) is 22.7. The Kier molecular flexibility index (Phi) is 18.6. The lowest BCUT2D eigenvalue weighted by Gasteiger charge is -2.38. The molecule has 0 heterocycles. The van der Waals surface area contributed by atoms with Gasteiger partial charge in [0, 0.05) is 6.42 Å². The number of carbonyl (C=O) groups is 2. The smallest absolute Gasteiger partial charge is 0.309 e. The molecule has 4 heteroatoms. The van der Waals surface area contributed by atoms with Crippen molar-refractivity contribution in [2.24, 2.45) is 23.2 Å². The molecule has 0 rings (SSSR count). The van der Waals surface area contributed by atoms with Crippen LogP contribution in [0.2, 0.25) is 0 Å². The molecule has 3 atom stereocenters. The van der Waals surface area contributed by atoms with Crippen molar-refractivity contribution in [3.8, 4) is 0 Å². The predicted octanol–water partition coefficient (Wildman–Crippen LogP) is 9.11. The summed E-state index contributed by atoms with van der Waals surface area (Å²) in [5, 5.41) is 19.3. The quantitative estimate of drug-likeness (QED) is 0.147.